The summed E-state index contributed by atoms with van der Waals surface area (Å²) in [4.78, 5) is 11.8. The molecule has 3 heteroatoms. The van der Waals surface area contributed by atoms with Gasteiger partial charge in [-0.1, -0.05) is 37.3 Å². The molecule has 2 rings (SSSR count). The summed E-state index contributed by atoms with van der Waals surface area (Å²) < 4.78 is 0. The Morgan fingerprint density at radius 1 is 1.41 bits per heavy atom. The Morgan fingerprint density at radius 3 is 2.53 bits per heavy atom. The molecule has 0 aromatic heterocycles. The highest BCUT2D eigenvalue weighted by Crippen LogP contribution is 2.31. The van der Waals surface area contributed by atoms with Gasteiger partial charge in [-0.05, 0) is 37.3 Å². The summed E-state index contributed by atoms with van der Waals surface area (Å²) in [6.07, 6.45) is 3.21. The normalized spacial score (nSPS) is 18.6. The van der Waals surface area contributed by atoms with Crippen molar-refractivity contribution in [1.82, 2.24) is 5.32 Å². The molecule has 1 amide bonds. The first-order valence-electron chi connectivity index (χ1n) is 6.29. The van der Waals surface area contributed by atoms with Crippen LogP contribution in [0, 0.1) is 5.92 Å². The molecule has 1 aliphatic rings. The van der Waals surface area contributed by atoms with E-state index < -0.39 is 5.54 Å². The lowest BCUT2D eigenvalue weighted by Gasteiger charge is -2.31. The molecular weight excluding hydrogens is 212 g/mol. The van der Waals surface area contributed by atoms with Gasteiger partial charge in [0, 0.05) is 0 Å². The van der Waals surface area contributed by atoms with Crippen LogP contribution < -0.4 is 11.1 Å². The van der Waals surface area contributed by atoms with E-state index in [0.717, 1.165) is 18.0 Å². The molecule has 0 bridgehead atoms. The third kappa shape index (κ3) is 2.50. The molecule has 0 heterocycles. The topological polar surface area (TPSA) is 55.1 Å². The van der Waals surface area contributed by atoms with Crippen LogP contribution in [0.25, 0.3) is 0 Å². The molecule has 0 spiro atoms. The number of amides is 1. The van der Waals surface area contributed by atoms with Crippen molar-refractivity contribution in [2.75, 3.05) is 6.54 Å². The Balaban J connectivity index is 2.23. The van der Waals surface area contributed by atoms with Gasteiger partial charge in [-0.3, -0.25) is 10.1 Å². The summed E-state index contributed by atoms with van der Waals surface area (Å²) >= 11 is 0. The number of nitrogens with two attached hydrogens (primary N) is 1. The molecule has 1 saturated carbocycles. The number of hydrogen-bond donors (Lipinski definition) is 2. The first-order valence-corrected chi connectivity index (χ1v) is 6.29. The fraction of sp³-hybridized carbons (Fsp3) is 0.500. The molecule has 3 nitrogen and oxygen atoms in total. The fourth-order valence-corrected chi connectivity index (χ4v) is 2.20. The minimum absolute atomic E-state index is 0.285. The van der Waals surface area contributed by atoms with Gasteiger partial charge < -0.3 is 5.73 Å². The Labute approximate surface area is 102 Å². The Hall–Kier alpha value is -1.35. The van der Waals surface area contributed by atoms with E-state index in [2.05, 4.69) is 5.32 Å². The van der Waals surface area contributed by atoms with E-state index in [1.165, 1.54) is 12.8 Å². The van der Waals surface area contributed by atoms with Crippen LogP contribution in [-0.4, -0.2) is 12.5 Å². The third-order valence-corrected chi connectivity index (χ3v) is 3.61. The van der Waals surface area contributed by atoms with Gasteiger partial charge in [0.1, 0.15) is 5.54 Å². The number of carbonyl (C=O) groups excluding carboxylic acids is 1. The molecule has 1 fully saturated rings. The zero-order valence-electron chi connectivity index (χ0n) is 10.3. The van der Waals surface area contributed by atoms with Gasteiger partial charge in [0.25, 0.3) is 0 Å². The smallest absolute Gasteiger partial charge is 0.242 e. The van der Waals surface area contributed by atoms with Crippen LogP contribution >= 0.6 is 0 Å². The summed E-state index contributed by atoms with van der Waals surface area (Å²) in [6.45, 7) is 2.88. The van der Waals surface area contributed by atoms with Gasteiger partial charge >= 0.3 is 0 Å². The van der Waals surface area contributed by atoms with Crippen LogP contribution in [0.1, 0.15) is 31.7 Å². The minimum Gasteiger partial charge on any atom is -0.368 e. The summed E-state index contributed by atoms with van der Waals surface area (Å²) in [6, 6.07) is 9.77. The maximum absolute atomic E-state index is 11.8. The molecule has 0 aliphatic heterocycles. The monoisotopic (exact) mass is 232 g/mol. The molecule has 3 N–H and O–H groups in total. The highest BCUT2D eigenvalue weighted by molar-refractivity contribution is 5.86. The van der Waals surface area contributed by atoms with Gasteiger partial charge in [0.2, 0.25) is 5.91 Å². The molecule has 1 aromatic rings. The van der Waals surface area contributed by atoms with Crippen LogP contribution in [0.15, 0.2) is 30.3 Å². The van der Waals surface area contributed by atoms with Gasteiger partial charge in [-0.25, -0.2) is 0 Å². The minimum atomic E-state index is -0.705. The lowest BCUT2D eigenvalue weighted by molar-refractivity contribution is -0.125. The number of rotatable bonds is 6. The second-order valence-electron chi connectivity index (χ2n) is 4.81. The van der Waals surface area contributed by atoms with Crippen molar-refractivity contribution >= 4 is 5.91 Å². The van der Waals surface area contributed by atoms with Crippen molar-refractivity contribution in [3.8, 4) is 0 Å². The average Bonchev–Trinajstić information content (AvgIpc) is 3.15. The summed E-state index contributed by atoms with van der Waals surface area (Å²) in [5, 5.41) is 3.39. The van der Waals surface area contributed by atoms with Crippen molar-refractivity contribution in [3.05, 3.63) is 35.9 Å². The molecule has 1 atom stereocenters. The second kappa shape index (κ2) is 4.88. The van der Waals surface area contributed by atoms with E-state index in [4.69, 9.17) is 5.73 Å². The lowest BCUT2D eigenvalue weighted by Crippen LogP contribution is -2.52. The van der Waals surface area contributed by atoms with E-state index in [0.29, 0.717) is 6.42 Å². The zero-order valence-corrected chi connectivity index (χ0v) is 10.3. The number of benzene rings is 1. The number of nitrogens with one attached hydrogen (secondary N) is 1. The van der Waals surface area contributed by atoms with Gasteiger partial charge in [-0.2, -0.15) is 0 Å². The molecule has 0 radical (unpaired) electrons. The lowest BCUT2D eigenvalue weighted by atomic mass is 9.86. The van der Waals surface area contributed by atoms with Crippen molar-refractivity contribution in [2.45, 2.75) is 31.7 Å². The van der Waals surface area contributed by atoms with Crippen LogP contribution in [0.4, 0.5) is 0 Å². The average molecular weight is 232 g/mol. The molecule has 1 aromatic carbocycles. The first-order chi connectivity index (χ1) is 8.19. The molecule has 1 unspecified atom stereocenters. The molecule has 0 saturated heterocycles. The van der Waals surface area contributed by atoms with E-state index in [1.54, 1.807) is 0 Å². The molecular formula is C14H20N2O. The number of primary amides is 1. The van der Waals surface area contributed by atoms with Crippen LogP contribution in [0.5, 0.6) is 0 Å². The highest BCUT2D eigenvalue weighted by atomic mass is 16.1. The van der Waals surface area contributed by atoms with Crippen LogP contribution in [0.3, 0.4) is 0 Å². The highest BCUT2D eigenvalue weighted by Gasteiger charge is 2.37. The van der Waals surface area contributed by atoms with Crippen molar-refractivity contribution in [3.63, 3.8) is 0 Å². The van der Waals surface area contributed by atoms with Gasteiger partial charge in [0.05, 0.1) is 0 Å². The van der Waals surface area contributed by atoms with Gasteiger partial charge in [0.15, 0.2) is 0 Å². The summed E-state index contributed by atoms with van der Waals surface area (Å²) in [5.41, 5.74) is 5.88. The van der Waals surface area contributed by atoms with Crippen LogP contribution in [0.2, 0.25) is 0 Å². The Kier molecular flexibility index (Phi) is 3.48. The predicted molar refractivity (Wildman–Crippen MR) is 68.3 cm³/mol. The van der Waals surface area contributed by atoms with Gasteiger partial charge in [-0.15, -0.1) is 0 Å². The molecule has 17 heavy (non-hydrogen) atoms. The third-order valence-electron chi connectivity index (χ3n) is 3.61. The second-order valence-corrected chi connectivity index (χ2v) is 4.81. The van der Waals surface area contributed by atoms with Crippen molar-refractivity contribution in [2.24, 2.45) is 11.7 Å². The van der Waals surface area contributed by atoms with E-state index in [9.17, 15) is 4.79 Å². The van der Waals surface area contributed by atoms with E-state index >= 15 is 0 Å². The van der Waals surface area contributed by atoms with Crippen LogP contribution in [-0.2, 0) is 10.3 Å². The van der Waals surface area contributed by atoms with E-state index in [-0.39, 0.29) is 5.91 Å². The first kappa shape index (κ1) is 12.1. The quantitative estimate of drug-likeness (QED) is 0.785. The SMILES string of the molecule is CCC(NCC1CC1)(C(N)=O)c1ccccc1. The van der Waals surface area contributed by atoms with E-state index in [1.807, 2.05) is 37.3 Å². The molecule has 92 valence electrons. The largest absolute Gasteiger partial charge is 0.368 e. The Morgan fingerprint density at radius 2 is 2.06 bits per heavy atom. The van der Waals surface area contributed by atoms with Crippen molar-refractivity contribution in [1.29, 1.82) is 0 Å². The fourth-order valence-electron chi connectivity index (χ4n) is 2.20. The molecule has 1 aliphatic carbocycles. The standard InChI is InChI=1S/C14H20N2O/c1-2-14(13(15)17,16-10-11-8-9-11)12-6-4-3-5-7-12/h3-7,11,16H,2,8-10H2,1H3,(H2,15,17). The zero-order chi connectivity index (χ0) is 12.3. The maximum Gasteiger partial charge on any atom is 0.242 e. The number of hydrogen-bond acceptors (Lipinski definition) is 2. The summed E-state index contributed by atoms with van der Waals surface area (Å²) in [5.74, 6) is 0.441. The predicted octanol–water partition coefficient (Wildman–Crippen LogP) is 1.78. The summed E-state index contributed by atoms with van der Waals surface area (Å²) in [7, 11) is 0. The van der Waals surface area contributed by atoms with Crippen molar-refractivity contribution < 1.29 is 4.79 Å². The number of carbonyl (C=O) groups is 1. The maximum atomic E-state index is 11.8. The Bertz CT molecular complexity index is 386.